The topological polar surface area (TPSA) is 68.3 Å². The third-order valence-corrected chi connectivity index (χ3v) is 3.00. The van der Waals surface area contributed by atoms with Crippen LogP contribution in [0.15, 0.2) is 48.6 Å². The van der Waals surface area contributed by atoms with Crippen LogP contribution in [-0.4, -0.2) is 21.6 Å². The molecule has 21 heavy (non-hydrogen) atoms. The summed E-state index contributed by atoms with van der Waals surface area (Å²) in [5.74, 6) is -0.238. The number of halogens is 1. The number of thiocarbonyl (C=S) groups is 1. The Bertz CT molecular complexity index is 634. The maximum Gasteiger partial charge on any atom is 0.183 e. The molecule has 1 aliphatic heterocycles. The zero-order valence-electron chi connectivity index (χ0n) is 11.2. The Balaban J connectivity index is 2.02. The van der Waals surface area contributed by atoms with Gasteiger partial charge in [0.1, 0.15) is 17.6 Å². The Kier molecular flexibility index (Phi) is 4.74. The van der Waals surface area contributed by atoms with Crippen LogP contribution in [0.1, 0.15) is 5.56 Å². The van der Waals surface area contributed by atoms with E-state index in [2.05, 4.69) is 11.5 Å². The number of nitrogens with two attached hydrogens (primary N) is 1. The first-order chi connectivity index (χ1) is 10.1. The number of nitrogens with one attached hydrogen (secondary N) is 1. The maximum atomic E-state index is 13.6. The number of hydrogen-bond acceptors (Lipinski definition) is 4. The molecule has 0 radical (unpaired) electrons. The fourth-order valence-electron chi connectivity index (χ4n) is 1.91. The molecule has 0 aromatic heterocycles. The van der Waals surface area contributed by atoms with Crippen molar-refractivity contribution in [2.45, 2.75) is 6.42 Å². The molecule has 0 atom stereocenters. The summed E-state index contributed by atoms with van der Waals surface area (Å²) in [6.07, 6.45) is 5.46. The van der Waals surface area contributed by atoms with E-state index in [0.717, 1.165) is 0 Å². The van der Waals surface area contributed by atoms with Gasteiger partial charge in [0.25, 0.3) is 0 Å². The lowest BCUT2D eigenvalue weighted by atomic mass is 10.1. The van der Waals surface area contributed by atoms with E-state index in [9.17, 15) is 9.65 Å². The fourth-order valence-corrected chi connectivity index (χ4v) is 2.01. The summed E-state index contributed by atoms with van der Waals surface area (Å²) in [5.41, 5.74) is 9.10. The number of hydrogen-bond donors (Lipinski definition) is 2. The first-order valence-electron chi connectivity index (χ1n) is 6.25. The zero-order valence-corrected chi connectivity index (χ0v) is 12.0. The van der Waals surface area contributed by atoms with Gasteiger partial charge in [-0.1, -0.05) is 18.2 Å². The lowest BCUT2D eigenvalue weighted by Gasteiger charge is -2.27. The van der Waals surface area contributed by atoms with Gasteiger partial charge in [-0.05, 0) is 30.3 Å². The van der Waals surface area contributed by atoms with Crippen LogP contribution in [0.2, 0.25) is 0 Å². The molecule has 0 amide bonds. The highest BCUT2D eigenvalue weighted by atomic mass is 32.1. The number of nitrogens with zero attached hydrogens (tertiary/aromatic N) is 3. The second kappa shape index (κ2) is 6.72. The SMILES string of the molecule is N#CC1=CN(NC(N)=S)C=CN1CCc1ccccc1F. The molecule has 2 rings (SSSR count). The number of hydrazine groups is 1. The Morgan fingerprint density at radius 2 is 2.14 bits per heavy atom. The van der Waals surface area contributed by atoms with Crippen molar-refractivity contribution in [3.63, 3.8) is 0 Å². The van der Waals surface area contributed by atoms with Gasteiger partial charge in [0, 0.05) is 18.9 Å². The molecule has 1 aromatic carbocycles. The normalized spacial score (nSPS) is 13.6. The van der Waals surface area contributed by atoms with Crippen LogP contribution >= 0.6 is 12.2 Å². The van der Waals surface area contributed by atoms with Crippen LogP contribution in [-0.2, 0) is 6.42 Å². The summed E-state index contributed by atoms with van der Waals surface area (Å²) in [4.78, 5) is 1.74. The lowest BCUT2D eigenvalue weighted by Crippen LogP contribution is -2.41. The molecule has 0 saturated carbocycles. The van der Waals surface area contributed by atoms with Crippen molar-refractivity contribution < 1.29 is 4.39 Å². The predicted molar refractivity (Wildman–Crippen MR) is 81.4 cm³/mol. The van der Waals surface area contributed by atoms with E-state index >= 15 is 0 Å². The fraction of sp³-hybridized carbons (Fsp3) is 0.143. The van der Waals surface area contributed by atoms with Crippen molar-refractivity contribution in [1.29, 1.82) is 5.26 Å². The summed E-state index contributed by atoms with van der Waals surface area (Å²) >= 11 is 4.73. The third kappa shape index (κ3) is 3.94. The second-order valence-corrected chi connectivity index (χ2v) is 4.78. The maximum absolute atomic E-state index is 13.6. The van der Waals surface area contributed by atoms with Gasteiger partial charge in [-0.15, -0.1) is 0 Å². The van der Waals surface area contributed by atoms with Crippen molar-refractivity contribution in [2.24, 2.45) is 5.73 Å². The highest BCUT2D eigenvalue weighted by molar-refractivity contribution is 7.80. The summed E-state index contributed by atoms with van der Waals surface area (Å²) in [6.45, 7) is 0.498. The van der Waals surface area contributed by atoms with Crippen LogP contribution in [0.3, 0.4) is 0 Å². The molecule has 1 aromatic rings. The van der Waals surface area contributed by atoms with E-state index in [1.165, 1.54) is 11.1 Å². The first-order valence-corrected chi connectivity index (χ1v) is 6.65. The first kappa shape index (κ1) is 14.8. The van der Waals surface area contributed by atoms with Crippen molar-refractivity contribution in [2.75, 3.05) is 6.54 Å². The molecule has 0 saturated heterocycles. The lowest BCUT2D eigenvalue weighted by molar-refractivity contribution is 0.380. The number of allylic oxidation sites excluding steroid dienone is 1. The summed E-state index contributed by atoms with van der Waals surface area (Å²) in [7, 11) is 0. The molecule has 0 bridgehead atoms. The van der Waals surface area contributed by atoms with Gasteiger partial charge in [-0.25, -0.2) is 4.39 Å². The zero-order chi connectivity index (χ0) is 15.2. The van der Waals surface area contributed by atoms with Gasteiger partial charge in [-0.2, -0.15) is 5.26 Å². The monoisotopic (exact) mass is 303 g/mol. The van der Waals surface area contributed by atoms with Crippen molar-refractivity contribution in [1.82, 2.24) is 15.3 Å². The number of benzene rings is 1. The van der Waals surface area contributed by atoms with Gasteiger partial charge >= 0.3 is 0 Å². The van der Waals surface area contributed by atoms with E-state index in [1.54, 1.807) is 41.7 Å². The molecular formula is C14H14FN5S. The number of rotatable bonds is 4. The largest absolute Gasteiger partial charge is 0.375 e. The van der Waals surface area contributed by atoms with Gasteiger partial charge in [0.2, 0.25) is 0 Å². The highest BCUT2D eigenvalue weighted by Crippen LogP contribution is 2.14. The molecule has 1 aliphatic rings. The molecule has 1 heterocycles. The average molecular weight is 303 g/mol. The molecule has 0 unspecified atom stereocenters. The Morgan fingerprint density at radius 3 is 2.81 bits per heavy atom. The van der Waals surface area contributed by atoms with Crippen LogP contribution < -0.4 is 11.2 Å². The van der Waals surface area contributed by atoms with Crippen LogP contribution in [0, 0.1) is 17.1 Å². The molecule has 0 fully saturated rings. The smallest absolute Gasteiger partial charge is 0.183 e. The highest BCUT2D eigenvalue weighted by Gasteiger charge is 2.14. The minimum absolute atomic E-state index is 0.105. The molecular weight excluding hydrogens is 289 g/mol. The molecule has 5 nitrogen and oxygen atoms in total. The third-order valence-electron chi connectivity index (χ3n) is 2.91. The Labute approximate surface area is 127 Å². The Hall–Kier alpha value is -2.59. The molecule has 0 aliphatic carbocycles. The van der Waals surface area contributed by atoms with Crippen molar-refractivity contribution in [3.05, 3.63) is 59.9 Å². The Morgan fingerprint density at radius 1 is 1.38 bits per heavy atom. The standard InChI is InChI=1S/C14H14FN5S/c15-13-4-2-1-3-11(13)5-6-19-7-8-20(18-14(17)21)10-12(19)9-16/h1-4,7-8,10H,5-6H2,(H3,17,18,21). The van der Waals surface area contributed by atoms with Crippen molar-refractivity contribution in [3.8, 4) is 6.07 Å². The molecule has 7 heteroatoms. The minimum atomic E-state index is -0.238. The van der Waals surface area contributed by atoms with Gasteiger partial charge in [0.15, 0.2) is 5.11 Å². The van der Waals surface area contributed by atoms with Crippen LogP contribution in [0.4, 0.5) is 4.39 Å². The van der Waals surface area contributed by atoms with E-state index in [-0.39, 0.29) is 10.9 Å². The molecule has 3 N–H and O–H groups in total. The second-order valence-electron chi connectivity index (χ2n) is 4.34. The minimum Gasteiger partial charge on any atom is -0.375 e. The van der Waals surface area contributed by atoms with E-state index in [1.807, 2.05) is 0 Å². The number of nitriles is 1. The summed E-state index contributed by atoms with van der Waals surface area (Å²) < 4.78 is 13.6. The average Bonchev–Trinajstić information content (AvgIpc) is 2.46. The molecule has 108 valence electrons. The van der Waals surface area contributed by atoms with Gasteiger partial charge < -0.3 is 10.6 Å². The van der Waals surface area contributed by atoms with Crippen molar-refractivity contribution >= 4 is 17.3 Å². The van der Waals surface area contributed by atoms with Crippen LogP contribution in [0.25, 0.3) is 0 Å². The summed E-state index contributed by atoms with van der Waals surface area (Å²) in [6, 6.07) is 8.69. The van der Waals surface area contributed by atoms with E-state index in [0.29, 0.717) is 24.2 Å². The summed E-state index contributed by atoms with van der Waals surface area (Å²) in [5, 5.41) is 10.8. The quantitative estimate of drug-likeness (QED) is 0.823. The van der Waals surface area contributed by atoms with Gasteiger partial charge in [0.05, 0.1) is 6.20 Å². The van der Waals surface area contributed by atoms with E-state index < -0.39 is 0 Å². The van der Waals surface area contributed by atoms with Gasteiger partial charge in [-0.3, -0.25) is 10.4 Å². The van der Waals surface area contributed by atoms with Crippen LogP contribution in [0.5, 0.6) is 0 Å². The molecule has 0 spiro atoms. The van der Waals surface area contributed by atoms with E-state index in [4.69, 9.17) is 18.0 Å². The predicted octanol–water partition coefficient (Wildman–Crippen LogP) is 1.57.